The highest BCUT2D eigenvalue weighted by Gasteiger charge is 2.37. The van der Waals surface area contributed by atoms with Gasteiger partial charge in [-0.05, 0) is 93.8 Å². The number of aryl methyl sites for hydroxylation is 1. The van der Waals surface area contributed by atoms with Gasteiger partial charge in [-0.2, -0.15) is 13.2 Å². The molecule has 0 saturated heterocycles. The van der Waals surface area contributed by atoms with E-state index in [-0.39, 0.29) is 12.3 Å². The van der Waals surface area contributed by atoms with Gasteiger partial charge in [-0.1, -0.05) is 31.2 Å². The number of hydrogen-bond acceptors (Lipinski definition) is 6. The topological polar surface area (TPSA) is 111 Å². The van der Waals surface area contributed by atoms with Gasteiger partial charge in [0.25, 0.3) is 0 Å². The molecule has 1 heterocycles. The molecule has 2 amide bonds. The number of nitrogens with two attached hydrogens (primary N) is 1. The second-order valence-electron chi connectivity index (χ2n) is 12.5. The van der Waals surface area contributed by atoms with E-state index in [1.54, 1.807) is 30.0 Å². The van der Waals surface area contributed by atoms with E-state index in [1.807, 2.05) is 13.0 Å². The molecule has 0 saturated carbocycles. The maximum Gasteiger partial charge on any atom is 0.416 e. The van der Waals surface area contributed by atoms with Crippen molar-refractivity contribution in [1.82, 2.24) is 15.2 Å². The third kappa shape index (κ3) is 11.0. The SMILES string of the molecule is CCCN(CCCCOc1cc(F)cc(CCCCNCc2cccc(C(F)(F)F)c2)c1)C(=O)C1=CC(c2ncco2)=CC(C)(C(N)=O)C1. The Bertz CT molecular complexity index is 1620. The van der Waals surface area contributed by atoms with Gasteiger partial charge in [-0.3, -0.25) is 9.59 Å². The Labute approximate surface area is 284 Å². The second kappa shape index (κ2) is 17.3. The van der Waals surface area contributed by atoms with Crippen molar-refractivity contribution >= 4 is 17.4 Å². The van der Waals surface area contributed by atoms with Gasteiger partial charge < -0.3 is 25.1 Å². The number of carbonyl (C=O) groups excluding carboxylic acids is 2. The molecular formula is C37H44F4N4O4. The summed E-state index contributed by atoms with van der Waals surface area (Å²) in [5.41, 5.74) is 6.35. The zero-order chi connectivity index (χ0) is 35.4. The molecule has 0 bridgehead atoms. The van der Waals surface area contributed by atoms with Crippen LogP contribution in [0.5, 0.6) is 5.75 Å². The molecule has 3 N–H and O–H groups in total. The Kier molecular flexibility index (Phi) is 13.2. The van der Waals surface area contributed by atoms with Crippen molar-refractivity contribution in [3.05, 3.63) is 101 Å². The summed E-state index contributed by atoms with van der Waals surface area (Å²) in [7, 11) is 0. The molecule has 0 radical (unpaired) electrons. The number of unbranched alkanes of at least 4 members (excludes halogenated alkanes) is 2. The summed E-state index contributed by atoms with van der Waals surface area (Å²) in [6, 6.07) is 9.90. The first-order valence-electron chi connectivity index (χ1n) is 16.6. The molecule has 1 aliphatic rings. The number of rotatable bonds is 18. The Morgan fingerprint density at radius 3 is 2.61 bits per heavy atom. The number of aromatic nitrogens is 1. The Balaban J connectivity index is 1.21. The van der Waals surface area contributed by atoms with Gasteiger partial charge in [0, 0.05) is 36.8 Å². The predicted octanol–water partition coefficient (Wildman–Crippen LogP) is 7.25. The van der Waals surface area contributed by atoms with Gasteiger partial charge in [-0.25, -0.2) is 9.37 Å². The number of halogens is 4. The number of nitrogens with one attached hydrogen (secondary N) is 1. The molecule has 2 aromatic carbocycles. The normalized spacial score (nSPS) is 16.2. The molecule has 0 spiro atoms. The summed E-state index contributed by atoms with van der Waals surface area (Å²) >= 11 is 0. The molecule has 1 aromatic heterocycles. The summed E-state index contributed by atoms with van der Waals surface area (Å²) in [6.45, 7) is 6.00. The Morgan fingerprint density at radius 2 is 1.90 bits per heavy atom. The van der Waals surface area contributed by atoms with Crippen LogP contribution in [0.3, 0.4) is 0 Å². The van der Waals surface area contributed by atoms with Crippen molar-refractivity contribution in [3.8, 4) is 5.75 Å². The number of oxazole rings is 1. The maximum absolute atomic E-state index is 14.4. The summed E-state index contributed by atoms with van der Waals surface area (Å²) < 4.78 is 64.4. The first kappa shape index (κ1) is 37.4. The summed E-state index contributed by atoms with van der Waals surface area (Å²) in [5.74, 6) is -0.367. The monoisotopic (exact) mass is 684 g/mol. The van der Waals surface area contributed by atoms with E-state index in [4.69, 9.17) is 14.9 Å². The Hall–Kier alpha value is -4.45. The van der Waals surface area contributed by atoms with E-state index >= 15 is 0 Å². The van der Waals surface area contributed by atoms with E-state index in [0.29, 0.717) is 80.4 Å². The molecule has 0 aliphatic heterocycles. The van der Waals surface area contributed by atoms with Crippen LogP contribution in [-0.4, -0.2) is 47.9 Å². The highest BCUT2D eigenvalue weighted by Crippen LogP contribution is 2.37. The van der Waals surface area contributed by atoms with Crippen LogP contribution < -0.4 is 15.8 Å². The van der Waals surface area contributed by atoms with Crippen molar-refractivity contribution in [1.29, 1.82) is 0 Å². The molecule has 3 aromatic rings. The third-order valence-electron chi connectivity index (χ3n) is 8.33. The quantitative estimate of drug-likeness (QED) is 0.108. The number of allylic oxidation sites excluding steroid dienone is 2. The zero-order valence-electron chi connectivity index (χ0n) is 28.0. The number of nitrogens with zero attached hydrogens (tertiary/aromatic N) is 2. The smallest absolute Gasteiger partial charge is 0.416 e. The third-order valence-corrected chi connectivity index (χ3v) is 8.33. The minimum atomic E-state index is -4.37. The van der Waals surface area contributed by atoms with Crippen molar-refractivity contribution in [2.45, 2.75) is 71.5 Å². The number of ether oxygens (including phenoxy) is 1. The van der Waals surface area contributed by atoms with Crippen LogP contribution in [-0.2, 0) is 28.7 Å². The standard InChI is InChI=1S/C37H44F4N4O4/c1-3-14-45(34(46)29-21-28(33-44-13-17-49-33)23-36(2,24-29)35(42)47)15-6-7-16-48-32-20-26(19-31(38)22-32)9-4-5-12-43-25-27-10-8-11-30(18-27)37(39,40)41/h8,10-11,13,17-23,43H,3-7,9,12,14-16,24-25H2,1-2H3,(H2,42,47). The highest BCUT2D eigenvalue weighted by molar-refractivity contribution is 6.00. The van der Waals surface area contributed by atoms with Crippen molar-refractivity contribution < 1.29 is 36.3 Å². The molecule has 12 heteroatoms. The van der Waals surface area contributed by atoms with Gasteiger partial charge in [0.2, 0.25) is 17.7 Å². The van der Waals surface area contributed by atoms with Gasteiger partial charge in [0.15, 0.2) is 0 Å². The van der Waals surface area contributed by atoms with E-state index in [0.717, 1.165) is 37.0 Å². The minimum absolute atomic E-state index is 0.173. The average molecular weight is 685 g/mol. The van der Waals surface area contributed by atoms with Crippen LogP contribution in [0.25, 0.3) is 5.57 Å². The fourth-order valence-corrected chi connectivity index (χ4v) is 5.76. The summed E-state index contributed by atoms with van der Waals surface area (Å²) in [4.78, 5) is 31.9. The lowest BCUT2D eigenvalue weighted by atomic mass is 9.76. The number of benzene rings is 2. The van der Waals surface area contributed by atoms with Crippen LogP contribution >= 0.6 is 0 Å². The highest BCUT2D eigenvalue weighted by atomic mass is 19.4. The van der Waals surface area contributed by atoms with Gasteiger partial charge in [0.1, 0.15) is 17.8 Å². The van der Waals surface area contributed by atoms with Crippen LogP contribution in [0.1, 0.15) is 75.0 Å². The first-order valence-corrected chi connectivity index (χ1v) is 16.6. The number of alkyl halides is 3. The maximum atomic E-state index is 14.4. The Morgan fingerprint density at radius 1 is 1.08 bits per heavy atom. The van der Waals surface area contributed by atoms with E-state index in [2.05, 4.69) is 10.3 Å². The lowest BCUT2D eigenvalue weighted by Gasteiger charge is -2.31. The summed E-state index contributed by atoms with van der Waals surface area (Å²) in [5, 5.41) is 3.17. The number of carbonyl (C=O) groups is 2. The van der Waals surface area contributed by atoms with Crippen LogP contribution in [0.15, 0.2) is 77.1 Å². The largest absolute Gasteiger partial charge is 0.493 e. The summed E-state index contributed by atoms with van der Waals surface area (Å²) in [6.07, 6.45) is 6.35. The number of amides is 2. The van der Waals surface area contributed by atoms with Gasteiger partial charge >= 0.3 is 6.18 Å². The van der Waals surface area contributed by atoms with E-state index < -0.39 is 28.9 Å². The van der Waals surface area contributed by atoms with Crippen LogP contribution in [0.4, 0.5) is 17.6 Å². The molecule has 1 atom stereocenters. The van der Waals surface area contributed by atoms with Gasteiger partial charge in [-0.15, -0.1) is 0 Å². The van der Waals surface area contributed by atoms with Crippen molar-refractivity contribution in [2.24, 2.45) is 11.1 Å². The molecule has 0 fully saturated rings. The first-order chi connectivity index (χ1) is 23.4. The van der Waals surface area contributed by atoms with Crippen molar-refractivity contribution in [2.75, 3.05) is 26.2 Å². The molecule has 1 unspecified atom stereocenters. The fraction of sp³-hybridized carbons (Fsp3) is 0.432. The fourth-order valence-electron chi connectivity index (χ4n) is 5.76. The van der Waals surface area contributed by atoms with Gasteiger partial charge in [0.05, 0.1) is 23.8 Å². The minimum Gasteiger partial charge on any atom is -0.493 e. The number of primary amides is 1. The molecule has 49 heavy (non-hydrogen) atoms. The lowest BCUT2D eigenvalue weighted by molar-refractivity contribution is -0.137. The van der Waals surface area contributed by atoms with E-state index in [1.165, 1.54) is 30.7 Å². The van der Waals surface area contributed by atoms with Crippen LogP contribution in [0, 0.1) is 11.2 Å². The zero-order valence-corrected chi connectivity index (χ0v) is 28.0. The molecule has 4 rings (SSSR count). The molecule has 8 nitrogen and oxygen atoms in total. The predicted molar refractivity (Wildman–Crippen MR) is 179 cm³/mol. The number of hydrogen-bond donors (Lipinski definition) is 2. The van der Waals surface area contributed by atoms with Crippen molar-refractivity contribution in [3.63, 3.8) is 0 Å². The van der Waals surface area contributed by atoms with Crippen LogP contribution in [0.2, 0.25) is 0 Å². The molecular weight excluding hydrogens is 640 g/mol. The van der Waals surface area contributed by atoms with E-state index in [9.17, 15) is 27.2 Å². The molecule has 264 valence electrons. The second-order valence-corrected chi connectivity index (χ2v) is 12.5. The average Bonchev–Trinajstić information content (AvgIpc) is 3.60. The molecule has 1 aliphatic carbocycles. The lowest BCUT2D eigenvalue weighted by Crippen LogP contribution is -2.39.